The van der Waals surface area contributed by atoms with E-state index in [2.05, 4.69) is 126 Å². The number of hydrogen-bond donors (Lipinski definition) is 0. The van der Waals surface area contributed by atoms with Gasteiger partial charge in [-0.3, -0.25) is 4.57 Å². The van der Waals surface area contributed by atoms with Crippen LogP contribution in [0.15, 0.2) is 220 Å². The molecule has 5 nitrogen and oxygen atoms in total. The van der Waals surface area contributed by atoms with Crippen LogP contribution in [-0.2, 0) is 15.3 Å². The van der Waals surface area contributed by atoms with Gasteiger partial charge in [0.05, 0.1) is 26.2 Å². The van der Waals surface area contributed by atoms with Gasteiger partial charge in [-0.2, -0.15) is 0 Å². The quantitative estimate of drug-likeness (QED) is 0.178. The normalized spacial score (nSPS) is 15.7. The van der Waals surface area contributed by atoms with Gasteiger partial charge in [-0.25, -0.2) is 13.4 Å². The Morgan fingerprint density at radius 3 is 1.87 bits per heavy atom. The molecule has 1 atom stereocenters. The minimum absolute atomic E-state index is 0.286. The van der Waals surface area contributed by atoms with Crippen LogP contribution in [-0.4, -0.2) is 18.0 Å². The second kappa shape index (κ2) is 12.9. The summed E-state index contributed by atoms with van der Waals surface area (Å²) in [6.45, 7) is 0. The first-order chi connectivity index (χ1) is 30.5. The number of rotatable bonds is 3. The maximum absolute atomic E-state index is 15.2. The van der Waals surface area contributed by atoms with Gasteiger partial charge in [-0.1, -0.05) is 152 Å². The second-order valence-electron chi connectivity index (χ2n) is 16.2. The Morgan fingerprint density at radius 1 is 0.435 bits per heavy atom. The number of furan rings is 1. The zero-order valence-corrected chi connectivity index (χ0v) is 34.0. The third kappa shape index (κ3) is 4.72. The van der Waals surface area contributed by atoms with E-state index in [0.717, 1.165) is 83.4 Å². The number of sulfone groups is 1. The summed E-state index contributed by atoms with van der Waals surface area (Å²) >= 11 is 0. The summed E-state index contributed by atoms with van der Waals surface area (Å²) in [6.07, 6.45) is 0. The predicted molar refractivity (Wildman–Crippen MR) is 247 cm³/mol. The first-order valence-corrected chi connectivity index (χ1v) is 22.3. The topological polar surface area (TPSA) is 65.1 Å². The van der Waals surface area contributed by atoms with Crippen molar-refractivity contribution in [1.82, 2.24) is 9.55 Å². The Balaban J connectivity index is 1.14. The number of imidazole rings is 1. The van der Waals surface area contributed by atoms with Crippen LogP contribution in [0.25, 0.3) is 83.4 Å². The number of para-hydroxylation sites is 2. The molecule has 0 bridgehead atoms. The molecule has 2 aliphatic rings. The Morgan fingerprint density at radius 2 is 1.06 bits per heavy atom. The number of hydrogen-bond acceptors (Lipinski definition) is 4. The van der Waals surface area contributed by atoms with Gasteiger partial charge in [0.15, 0.2) is 0 Å². The summed E-state index contributed by atoms with van der Waals surface area (Å²) in [7, 11) is -3.99. The fourth-order valence-corrected chi connectivity index (χ4v) is 12.2. The fourth-order valence-electron chi connectivity index (χ4n) is 10.4. The zero-order chi connectivity index (χ0) is 41.2. The van der Waals surface area contributed by atoms with Crippen LogP contribution in [0.3, 0.4) is 0 Å². The molecule has 13 rings (SSSR count). The van der Waals surface area contributed by atoms with E-state index in [1.54, 1.807) is 6.07 Å². The first-order valence-electron chi connectivity index (χ1n) is 20.8. The smallest absolute Gasteiger partial charge is 0.207 e. The molecule has 1 unspecified atom stereocenters. The summed E-state index contributed by atoms with van der Waals surface area (Å²) in [5, 5.41) is 1.65. The largest absolute Gasteiger partial charge is 0.456 e. The van der Waals surface area contributed by atoms with Crippen LogP contribution in [0.2, 0.25) is 0 Å². The Bertz CT molecular complexity index is 3770. The van der Waals surface area contributed by atoms with Crippen molar-refractivity contribution in [3.63, 3.8) is 0 Å². The molecule has 3 heterocycles. The standard InChI is InChI=1S/C56H34N2O3S/c59-62(60)53-26-14-12-24-46(53)56(48-34-52-44(33-54(48)62)43-22-10-13-25-51(43)61-52)45-23-11-9-21-41(45)39-19-7-8-20-40(39)42-29-27-36(31-47(42)56)37-28-30-50-49(32-37)57-55(35-15-3-1-4-16-35)58(50)38-17-5-2-6-18-38/h1-34H. The molecule has 0 amide bonds. The fraction of sp³-hybridized carbons (Fsp3) is 0.0179. The van der Waals surface area contributed by atoms with E-state index in [0.29, 0.717) is 27.2 Å². The minimum atomic E-state index is -3.99. The molecule has 0 radical (unpaired) electrons. The van der Waals surface area contributed by atoms with Crippen molar-refractivity contribution in [2.75, 3.05) is 0 Å². The first kappa shape index (κ1) is 35.0. The van der Waals surface area contributed by atoms with Gasteiger partial charge in [0.2, 0.25) is 9.84 Å². The van der Waals surface area contributed by atoms with Crippen molar-refractivity contribution in [2.45, 2.75) is 15.2 Å². The lowest BCUT2D eigenvalue weighted by Crippen LogP contribution is -2.38. The molecule has 11 aromatic rings. The van der Waals surface area contributed by atoms with Crippen molar-refractivity contribution in [3.05, 3.63) is 229 Å². The lowest BCUT2D eigenvalue weighted by Gasteiger charge is -2.42. The lowest BCUT2D eigenvalue weighted by atomic mass is 9.63. The zero-order valence-electron chi connectivity index (χ0n) is 33.2. The molecule has 6 heteroatoms. The van der Waals surface area contributed by atoms with E-state index in [1.165, 1.54) is 0 Å². The van der Waals surface area contributed by atoms with Crippen LogP contribution in [0.1, 0.15) is 22.3 Å². The highest BCUT2D eigenvalue weighted by Crippen LogP contribution is 2.60. The van der Waals surface area contributed by atoms with E-state index >= 15 is 8.42 Å². The number of nitrogens with zero attached hydrogens (tertiary/aromatic N) is 2. The van der Waals surface area contributed by atoms with E-state index in [1.807, 2.05) is 78.9 Å². The third-order valence-corrected chi connectivity index (χ3v) is 14.9. The summed E-state index contributed by atoms with van der Waals surface area (Å²) in [5.74, 6) is 0.867. The van der Waals surface area contributed by atoms with E-state index in [9.17, 15) is 0 Å². The monoisotopic (exact) mass is 814 g/mol. The highest BCUT2D eigenvalue weighted by molar-refractivity contribution is 7.91. The summed E-state index contributed by atoms with van der Waals surface area (Å²) in [5.41, 5.74) is 13.9. The number of benzene rings is 9. The Hall–Kier alpha value is -7.80. The van der Waals surface area contributed by atoms with E-state index in [-0.39, 0.29) is 4.90 Å². The van der Waals surface area contributed by atoms with Gasteiger partial charge in [0.25, 0.3) is 0 Å². The molecule has 0 saturated heterocycles. The summed E-state index contributed by atoms with van der Waals surface area (Å²) in [6, 6.07) is 70.3. The lowest BCUT2D eigenvalue weighted by molar-refractivity contribution is 0.579. The van der Waals surface area contributed by atoms with Gasteiger partial charge >= 0.3 is 0 Å². The van der Waals surface area contributed by atoms with Crippen molar-refractivity contribution >= 4 is 42.8 Å². The van der Waals surface area contributed by atoms with Gasteiger partial charge in [-0.05, 0) is 110 Å². The van der Waals surface area contributed by atoms with Gasteiger partial charge in [-0.15, -0.1) is 0 Å². The van der Waals surface area contributed by atoms with Crippen LogP contribution >= 0.6 is 0 Å². The SMILES string of the molecule is O=S1(=O)c2ccccc2C2(c3ccccc3-c3ccccc3-c3ccc(-c4ccc5c(c4)nc(-c4ccccc4)n5-c4ccccc4)cc32)c2cc3oc4ccccc4c3cc21. The maximum atomic E-state index is 15.2. The molecule has 1 spiro atoms. The molecule has 2 aromatic heterocycles. The van der Waals surface area contributed by atoms with Crippen molar-refractivity contribution in [3.8, 4) is 50.5 Å². The second-order valence-corrected chi connectivity index (χ2v) is 18.1. The van der Waals surface area contributed by atoms with Crippen LogP contribution in [0.4, 0.5) is 0 Å². The predicted octanol–water partition coefficient (Wildman–Crippen LogP) is 13.4. The molecule has 0 fully saturated rings. The molecule has 62 heavy (non-hydrogen) atoms. The molecule has 9 aromatic carbocycles. The highest BCUT2D eigenvalue weighted by Gasteiger charge is 2.52. The average Bonchev–Trinajstić information content (AvgIpc) is 3.87. The van der Waals surface area contributed by atoms with Gasteiger partial charge in [0.1, 0.15) is 17.0 Å². The van der Waals surface area contributed by atoms with Crippen molar-refractivity contribution in [1.29, 1.82) is 0 Å². The summed E-state index contributed by atoms with van der Waals surface area (Å²) in [4.78, 5) is 5.89. The molecular formula is C56H34N2O3S. The Kier molecular flexibility index (Phi) is 7.26. The van der Waals surface area contributed by atoms with Crippen molar-refractivity contribution < 1.29 is 12.8 Å². The van der Waals surface area contributed by atoms with Crippen molar-refractivity contribution in [2.24, 2.45) is 0 Å². The number of aromatic nitrogens is 2. The van der Waals surface area contributed by atoms with Gasteiger partial charge < -0.3 is 4.42 Å². The molecule has 1 aliphatic heterocycles. The number of fused-ring (bicyclic) bond motifs is 15. The van der Waals surface area contributed by atoms with Crippen LogP contribution in [0.5, 0.6) is 0 Å². The molecule has 0 saturated carbocycles. The third-order valence-electron chi connectivity index (χ3n) is 13.0. The van der Waals surface area contributed by atoms with E-state index in [4.69, 9.17) is 9.40 Å². The van der Waals surface area contributed by atoms with Crippen LogP contribution < -0.4 is 0 Å². The van der Waals surface area contributed by atoms with E-state index < -0.39 is 15.3 Å². The average molecular weight is 815 g/mol. The molecule has 292 valence electrons. The molecular weight excluding hydrogens is 781 g/mol. The summed E-state index contributed by atoms with van der Waals surface area (Å²) < 4.78 is 39.1. The van der Waals surface area contributed by atoms with Gasteiger partial charge in [0, 0.05) is 22.0 Å². The highest BCUT2D eigenvalue weighted by atomic mass is 32.2. The maximum Gasteiger partial charge on any atom is 0.207 e. The minimum Gasteiger partial charge on any atom is -0.456 e. The molecule has 0 N–H and O–H groups in total. The Labute approximate surface area is 357 Å². The van der Waals surface area contributed by atoms with Crippen LogP contribution in [0, 0.1) is 0 Å². The molecule has 1 aliphatic carbocycles.